The van der Waals surface area contributed by atoms with Gasteiger partial charge in [-0.1, -0.05) is 19.3 Å². The summed E-state index contributed by atoms with van der Waals surface area (Å²) in [4.78, 5) is 5.46. The summed E-state index contributed by atoms with van der Waals surface area (Å²) in [5.41, 5.74) is 0.712. The molecule has 0 atom stereocenters. The number of hydrogen-bond acceptors (Lipinski definition) is 2. The van der Waals surface area contributed by atoms with Gasteiger partial charge in [-0.05, 0) is 96.1 Å². The Labute approximate surface area is 125 Å². The van der Waals surface area contributed by atoms with Crippen molar-refractivity contribution in [3.05, 3.63) is 0 Å². The summed E-state index contributed by atoms with van der Waals surface area (Å²) >= 11 is 0. The zero-order chi connectivity index (χ0) is 13.7. The Morgan fingerprint density at radius 3 is 1.45 bits per heavy atom. The SMILES string of the molecule is C1CCC(CCN2CCCC2)(CCN2CCCC2)CC1. The van der Waals surface area contributed by atoms with Gasteiger partial charge in [0.1, 0.15) is 0 Å². The fraction of sp³-hybridized carbons (Fsp3) is 1.00. The molecule has 1 aliphatic carbocycles. The quantitative estimate of drug-likeness (QED) is 0.727. The molecular weight excluding hydrogens is 244 g/mol. The number of likely N-dealkylation sites (tertiary alicyclic amines) is 2. The molecule has 0 bridgehead atoms. The van der Waals surface area contributed by atoms with Gasteiger partial charge in [0, 0.05) is 0 Å². The first-order valence-corrected chi connectivity index (χ1v) is 9.31. The van der Waals surface area contributed by atoms with Crippen LogP contribution in [0.2, 0.25) is 0 Å². The van der Waals surface area contributed by atoms with Crippen molar-refractivity contribution in [2.45, 2.75) is 70.6 Å². The van der Waals surface area contributed by atoms with Gasteiger partial charge in [0.2, 0.25) is 0 Å². The Morgan fingerprint density at radius 2 is 1.00 bits per heavy atom. The molecule has 0 aromatic rings. The Hall–Kier alpha value is -0.0800. The molecule has 20 heavy (non-hydrogen) atoms. The zero-order valence-corrected chi connectivity index (χ0v) is 13.4. The second-order valence-corrected chi connectivity index (χ2v) is 7.66. The summed E-state index contributed by atoms with van der Waals surface area (Å²) < 4.78 is 0. The molecule has 2 heterocycles. The summed E-state index contributed by atoms with van der Waals surface area (Å²) in [7, 11) is 0. The summed E-state index contributed by atoms with van der Waals surface area (Å²) in [6, 6.07) is 0. The van der Waals surface area contributed by atoms with Crippen LogP contribution in [0.3, 0.4) is 0 Å². The third-order valence-electron chi connectivity index (χ3n) is 6.23. The molecule has 2 heteroatoms. The maximum absolute atomic E-state index is 2.73. The fourth-order valence-electron chi connectivity index (χ4n) is 4.73. The highest BCUT2D eigenvalue weighted by molar-refractivity contribution is 4.86. The van der Waals surface area contributed by atoms with Crippen LogP contribution in [-0.2, 0) is 0 Å². The van der Waals surface area contributed by atoms with Gasteiger partial charge in [-0.3, -0.25) is 0 Å². The third-order valence-corrected chi connectivity index (χ3v) is 6.23. The molecule has 0 spiro atoms. The predicted molar refractivity (Wildman–Crippen MR) is 86.1 cm³/mol. The van der Waals surface area contributed by atoms with E-state index in [0.29, 0.717) is 5.41 Å². The van der Waals surface area contributed by atoms with Crippen LogP contribution in [0.25, 0.3) is 0 Å². The van der Waals surface area contributed by atoms with Crippen molar-refractivity contribution >= 4 is 0 Å². The van der Waals surface area contributed by atoms with E-state index in [2.05, 4.69) is 9.80 Å². The molecule has 2 saturated heterocycles. The first kappa shape index (κ1) is 14.8. The summed E-state index contributed by atoms with van der Waals surface area (Å²) in [6.07, 6.45) is 16.3. The third kappa shape index (κ3) is 3.98. The van der Waals surface area contributed by atoms with Crippen molar-refractivity contribution in [1.29, 1.82) is 0 Å². The van der Waals surface area contributed by atoms with Crippen molar-refractivity contribution < 1.29 is 0 Å². The Morgan fingerprint density at radius 1 is 0.550 bits per heavy atom. The first-order chi connectivity index (χ1) is 9.86. The molecule has 3 fully saturated rings. The van der Waals surface area contributed by atoms with E-state index < -0.39 is 0 Å². The number of hydrogen-bond donors (Lipinski definition) is 0. The first-order valence-electron chi connectivity index (χ1n) is 9.31. The van der Waals surface area contributed by atoms with Gasteiger partial charge in [-0.25, -0.2) is 0 Å². The molecule has 0 aromatic heterocycles. The molecule has 3 rings (SSSR count). The van der Waals surface area contributed by atoms with Crippen LogP contribution < -0.4 is 0 Å². The molecule has 2 nitrogen and oxygen atoms in total. The van der Waals surface area contributed by atoms with Crippen LogP contribution >= 0.6 is 0 Å². The molecule has 0 aromatic carbocycles. The zero-order valence-electron chi connectivity index (χ0n) is 13.4. The minimum atomic E-state index is 0.712. The standard InChI is InChI=1S/C18H34N2/c1-2-8-18(9-3-1,10-16-19-12-4-5-13-19)11-17-20-14-6-7-15-20/h1-17H2. The highest BCUT2D eigenvalue weighted by atomic mass is 15.1. The summed E-state index contributed by atoms with van der Waals surface area (Å²) in [5, 5.41) is 0. The monoisotopic (exact) mass is 278 g/mol. The minimum absolute atomic E-state index is 0.712. The van der Waals surface area contributed by atoms with Gasteiger partial charge >= 0.3 is 0 Å². The smallest absolute Gasteiger partial charge is 0.00134 e. The second-order valence-electron chi connectivity index (χ2n) is 7.66. The van der Waals surface area contributed by atoms with E-state index in [0.717, 1.165) is 0 Å². The van der Waals surface area contributed by atoms with Gasteiger partial charge in [0.15, 0.2) is 0 Å². The lowest BCUT2D eigenvalue weighted by atomic mass is 9.69. The van der Waals surface area contributed by atoms with Crippen LogP contribution in [0.15, 0.2) is 0 Å². The minimum Gasteiger partial charge on any atom is -0.303 e. The Balaban J connectivity index is 1.49. The molecule has 1 saturated carbocycles. The Kier molecular flexibility index (Phi) is 5.39. The average molecular weight is 278 g/mol. The van der Waals surface area contributed by atoms with Crippen molar-refractivity contribution in [3.8, 4) is 0 Å². The van der Waals surface area contributed by atoms with Crippen LogP contribution in [0.1, 0.15) is 70.6 Å². The molecule has 116 valence electrons. The van der Waals surface area contributed by atoms with Crippen molar-refractivity contribution in [1.82, 2.24) is 9.80 Å². The van der Waals surface area contributed by atoms with Crippen LogP contribution in [0.4, 0.5) is 0 Å². The average Bonchev–Trinajstić information content (AvgIpc) is 3.18. The van der Waals surface area contributed by atoms with Crippen molar-refractivity contribution in [2.75, 3.05) is 39.3 Å². The molecule has 2 aliphatic heterocycles. The van der Waals surface area contributed by atoms with E-state index in [1.54, 1.807) is 0 Å². The molecule has 0 radical (unpaired) electrons. The van der Waals surface area contributed by atoms with Gasteiger partial charge in [0.25, 0.3) is 0 Å². The van der Waals surface area contributed by atoms with Crippen LogP contribution in [0, 0.1) is 5.41 Å². The van der Waals surface area contributed by atoms with Crippen LogP contribution in [0.5, 0.6) is 0 Å². The molecule has 0 amide bonds. The largest absolute Gasteiger partial charge is 0.303 e. The number of rotatable bonds is 6. The second kappa shape index (κ2) is 7.26. The van der Waals surface area contributed by atoms with E-state index in [1.807, 2.05) is 0 Å². The highest BCUT2D eigenvalue weighted by Crippen LogP contribution is 2.42. The predicted octanol–water partition coefficient (Wildman–Crippen LogP) is 3.91. The van der Waals surface area contributed by atoms with E-state index in [9.17, 15) is 0 Å². The highest BCUT2D eigenvalue weighted by Gasteiger charge is 2.32. The van der Waals surface area contributed by atoms with Gasteiger partial charge in [-0.2, -0.15) is 0 Å². The molecule has 0 unspecified atom stereocenters. The maximum Gasteiger partial charge on any atom is -0.00134 e. The van der Waals surface area contributed by atoms with Crippen molar-refractivity contribution in [2.24, 2.45) is 5.41 Å². The van der Waals surface area contributed by atoms with Crippen LogP contribution in [-0.4, -0.2) is 49.1 Å². The summed E-state index contributed by atoms with van der Waals surface area (Å²) in [5.74, 6) is 0. The molecule has 3 aliphatic rings. The van der Waals surface area contributed by atoms with E-state index in [1.165, 1.54) is 110 Å². The van der Waals surface area contributed by atoms with Gasteiger partial charge < -0.3 is 9.80 Å². The van der Waals surface area contributed by atoms with E-state index in [-0.39, 0.29) is 0 Å². The fourth-order valence-corrected chi connectivity index (χ4v) is 4.73. The van der Waals surface area contributed by atoms with Gasteiger partial charge in [-0.15, -0.1) is 0 Å². The molecular formula is C18H34N2. The van der Waals surface area contributed by atoms with E-state index in [4.69, 9.17) is 0 Å². The summed E-state index contributed by atoms with van der Waals surface area (Å²) in [6.45, 7) is 8.29. The molecule has 0 N–H and O–H groups in total. The lowest BCUT2D eigenvalue weighted by Gasteiger charge is -2.39. The lowest BCUT2D eigenvalue weighted by molar-refractivity contribution is 0.118. The topological polar surface area (TPSA) is 6.48 Å². The Bertz CT molecular complexity index is 249. The van der Waals surface area contributed by atoms with Gasteiger partial charge in [0.05, 0.1) is 0 Å². The lowest BCUT2D eigenvalue weighted by Crippen LogP contribution is -2.34. The van der Waals surface area contributed by atoms with Crippen molar-refractivity contribution in [3.63, 3.8) is 0 Å². The normalized spacial score (nSPS) is 28.2. The maximum atomic E-state index is 2.73. The number of nitrogens with zero attached hydrogens (tertiary/aromatic N) is 2. The van der Waals surface area contributed by atoms with E-state index >= 15 is 0 Å².